The molecule has 0 saturated heterocycles. The molecule has 0 fully saturated rings. The monoisotopic (exact) mass is 310 g/mol. The first kappa shape index (κ1) is 13.0. The lowest BCUT2D eigenvalue weighted by atomic mass is 10.2. The number of benzene rings is 2. The Labute approximate surface area is 130 Å². The van der Waals surface area contributed by atoms with Gasteiger partial charge >= 0.3 is 0 Å². The predicted octanol–water partition coefficient (Wildman–Crippen LogP) is 3.00. The Morgan fingerprint density at radius 1 is 1.14 bits per heavy atom. The second kappa shape index (κ2) is 4.68. The zero-order valence-corrected chi connectivity index (χ0v) is 12.4. The zero-order valence-electron chi connectivity index (χ0n) is 11.7. The molecule has 22 heavy (non-hydrogen) atoms. The molecule has 0 spiro atoms. The smallest absolute Gasteiger partial charge is 0.267 e. The van der Waals surface area contributed by atoms with Crippen LogP contribution in [0.2, 0.25) is 5.02 Å². The summed E-state index contributed by atoms with van der Waals surface area (Å²) in [5, 5.41) is 9.11. The van der Waals surface area contributed by atoms with Crippen LogP contribution in [-0.4, -0.2) is 19.2 Å². The highest BCUT2D eigenvalue weighted by Crippen LogP contribution is 2.23. The summed E-state index contributed by atoms with van der Waals surface area (Å²) in [5.74, 6) is 0.439. The largest absolute Gasteiger partial charge is 0.268 e. The fraction of sp³-hybridized carbons (Fsp3) is 0.0625. The van der Waals surface area contributed by atoms with Crippen molar-refractivity contribution in [3.05, 3.63) is 69.7 Å². The van der Waals surface area contributed by atoms with Crippen molar-refractivity contribution in [3.63, 3.8) is 0 Å². The molecule has 0 amide bonds. The molecule has 0 bridgehead atoms. The summed E-state index contributed by atoms with van der Waals surface area (Å²) in [6, 6.07) is 12.9. The fourth-order valence-corrected chi connectivity index (χ4v) is 2.96. The molecule has 2 heterocycles. The van der Waals surface area contributed by atoms with Crippen molar-refractivity contribution >= 4 is 28.3 Å². The Balaban J connectivity index is 2.23. The molecule has 0 unspecified atom stereocenters. The summed E-state index contributed by atoms with van der Waals surface area (Å²) in [6.07, 6.45) is 1.59. The van der Waals surface area contributed by atoms with E-state index < -0.39 is 0 Å². The van der Waals surface area contributed by atoms with Crippen molar-refractivity contribution < 1.29 is 0 Å². The van der Waals surface area contributed by atoms with Crippen molar-refractivity contribution in [2.75, 3.05) is 0 Å². The van der Waals surface area contributed by atoms with Crippen molar-refractivity contribution in [1.82, 2.24) is 19.2 Å². The fourth-order valence-electron chi connectivity index (χ4n) is 2.64. The van der Waals surface area contributed by atoms with Crippen molar-refractivity contribution in [2.45, 2.75) is 6.92 Å². The Hall–Kier alpha value is -2.66. The number of fused-ring (bicyclic) bond motifs is 3. The first-order valence-electron chi connectivity index (χ1n) is 6.77. The topological polar surface area (TPSA) is 52.2 Å². The molecule has 0 atom stereocenters. The van der Waals surface area contributed by atoms with Gasteiger partial charge in [0, 0.05) is 0 Å². The minimum Gasteiger partial charge on any atom is -0.268 e. The van der Waals surface area contributed by atoms with E-state index in [4.69, 9.17) is 11.6 Å². The molecule has 0 aliphatic heterocycles. The molecular formula is C16H11ClN4O. The van der Waals surface area contributed by atoms with E-state index in [1.165, 1.54) is 4.57 Å². The number of halogens is 1. The number of aryl methyl sites for hydroxylation is 1. The zero-order chi connectivity index (χ0) is 15.3. The number of para-hydroxylation sites is 1. The molecule has 2 aromatic carbocycles. The molecule has 0 saturated carbocycles. The minimum absolute atomic E-state index is 0.165. The molecule has 4 aromatic rings. The van der Waals surface area contributed by atoms with E-state index in [0.717, 1.165) is 11.1 Å². The van der Waals surface area contributed by atoms with Gasteiger partial charge in [-0.1, -0.05) is 29.8 Å². The Bertz CT molecular complexity index is 1080. The van der Waals surface area contributed by atoms with E-state index in [0.29, 0.717) is 21.9 Å². The normalized spacial score (nSPS) is 11.4. The van der Waals surface area contributed by atoms with Crippen molar-refractivity contribution in [3.8, 4) is 5.69 Å². The Morgan fingerprint density at radius 3 is 2.77 bits per heavy atom. The highest BCUT2D eigenvalue weighted by Gasteiger charge is 2.15. The van der Waals surface area contributed by atoms with Gasteiger partial charge in [-0.3, -0.25) is 9.20 Å². The maximum Gasteiger partial charge on any atom is 0.267 e. The van der Waals surface area contributed by atoms with E-state index in [2.05, 4.69) is 10.2 Å². The summed E-state index contributed by atoms with van der Waals surface area (Å²) in [7, 11) is 0. The number of hydrogen-bond donors (Lipinski definition) is 0. The average Bonchev–Trinajstić information content (AvgIpc) is 2.99. The highest BCUT2D eigenvalue weighted by molar-refractivity contribution is 6.32. The number of rotatable bonds is 1. The van der Waals surface area contributed by atoms with Gasteiger partial charge in [0.15, 0.2) is 0 Å². The lowest BCUT2D eigenvalue weighted by molar-refractivity contribution is 0.966. The van der Waals surface area contributed by atoms with Gasteiger partial charge in [0.25, 0.3) is 5.56 Å². The van der Waals surface area contributed by atoms with Crippen LogP contribution in [0.15, 0.2) is 53.6 Å². The molecule has 6 heteroatoms. The Kier molecular flexibility index (Phi) is 2.77. The molecule has 4 rings (SSSR count). The minimum atomic E-state index is -0.165. The molecule has 2 aromatic heterocycles. The highest BCUT2D eigenvalue weighted by atomic mass is 35.5. The van der Waals surface area contributed by atoms with E-state index in [1.54, 1.807) is 16.8 Å². The summed E-state index contributed by atoms with van der Waals surface area (Å²) in [6.45, 7) is 1.95. The van der Waals surface area contributed by atoms with E-state index in [-0.39, 0.29) is 5.56 Å². The van der Waals surface area contributed by atoms with Gasteiger partial charge in [-0.05, 0) is 36.8 Å². The van der Waals surface area contributed by atoms with E-state index >= 15 is 0 Å². The lowest BCUT2D eigenvalue weighted by Crippen LogP contribution is -2.21. The summed E-state index contributed by atoms with van der Waals surface area (Å²) < 4.78 is 3.28. The maximum atomic E-state index is 12.9. The maximum absolute atomic E-state index is 12.9. The van der Waals surface area contributed by atoms with Crippen LogP contribution < -0.4 is 5.56 Å². The molecule has 5 nitrogen and oxygen atoms in total. The van der Waals surface area contributed by atoms with E-state index in [1.807, 2.05) is 43.3 Å². The van der Waals surface area contributed by atoms with Crippen LogP contribution in [-0.2, 0) is 0 Å². The standard InChI is InChI=1S/C16H11ClN4O/c1-10-6-7-14(12(17)8-10)21-15(22)11-4-2-3-5-13(11)20-9-18-19-16(20)21/h2-9H,1H3. The van der Waals surface area contributed by atoms with Crippen LogP contribution in [0.1, 0.15) is 5.56 Å². The molecule has 0 radical (unpaired) electrons. The van der Waals surface area contributed by atoms with Crippen LogP contribution in [0, 0.1) is 6.92 Å². The van der Waals surface area contributed by atoms with Gasteiger partial charge in [-0.15, -0.1) is 10.2 Å². The SMILES string of the molecule is Cc1ccc(-n2c(=O)c3ccccc3n3cnnc23)c(Cl)c1. The molecule has 0 N–H and O–H groups in total. The molecular weight excluding hydrogens is 300 g/mol. The van der Waals surface area contributed by atoms with Crippen LogP contribution in [0.4, 0.5) is 0 Å². The first-order chi connectivity index (χ1) is 10.7. The predicted molar refractivity (Wildman–Crippen MR) is 85.8 cm³/mol. The van der Waals surface area contributed by atoms with Gasteiger partial charge in [0.2, 0.25) is 5.78 Å². The molecule has 0 aliphatic rings. The van der Waals surface area contributed by atoms with Gasteiger partial charge in [0.05, 0.1) is 21.6 Å². The lowest BCUT2D eigenvalue weighted by Gasteiger charge is -2.11. The molecule has 108 valence electrons. The number of hydrogen-bond acceptors (Lipinski definition) is 3. The second-order valence-corrected chi connectivity index (χ2v) is 5.52. The second-order valence-electron chi connectivity index (χ2n) is 5.11. The van der Waals surface area contributed by atoms with Crippen LogP contribution in [0.25, 0.3) is 22.4 Å². The number of aromatic nitrogens is 4. The quantitative estimate of drug-likeness (QED) is 0.543. The average molecular weight is 311 g/mol. The van der Waals surface area contributed by atoms with Crippen molar-refractivity contribution in [1.29, 1.82) is 0 Å². The van der Waals surface area contributed by atoms with Gasteiger partial charge in [0.1, 0.15) is 6.33 Å². The van der Waals surface area contributed by atoms with Gasteiger partial charge in [-0.25, -0.2) is 4.57 Å². The van der Waals surface area contributed by atoms with Crippen LogP contribution in [0.3, 0.4) is 0 Å². The third-order valence-corrected chi connectivity index (χ3v) is 3.97. The molecule has 0 aliphatic carbocycles. The number of nitrogens with zero attached hydrogens (tertiary/aromatic N) is 4. The van der Waals surface area contributed by atoms with Crippen LogP contribution >= 0.6 is 11.6 Å². The summed E-state index contributed by atoms with van der Waals surface area (Å²) in [5.41, 5.74) is 2.23. The van der Waals surface area contributed by atoms with Crippen molar-refractivity contribution in [2.24, 2.45) is 0 Å². The van der Waals surface area contributed by atoms with Crippen LogP contribution in [0.5, 0.6) is 0 Å². The third-order valence-electron chi connectivity index (χ3n) is 3.67. The summed E-state index contributed by atoms with van der Waals surface area (Å²) >= 11 is 6.34. The summed E-state index contributed by atoms with van der Waals surface area (Å²) in [4.78, 5) is 12.9. The first-order valence-corrected chi connectivity index (χ1v) is 7.14. The van der Waals surface area contributed by atoms with Gasteiger partial charge < -0.3 is 0 Å². The third kappa shape index (κ3) is 1.76. The van der Waals surface area contributed by atoms with Gasteiger partial charge in [-0.2, -0.15) is 0 Å². The van der Waals surface area contributed by atoms with E-state index in [9.17, 15) is 4.79 Å². The Morgan fingerprint density at radius 2 is 1.95 bits per heavy atom.